The minimum Gasteiger partial charge on any atom is -0.309 e. The summed E-state index contributed by atoms with van der Waals surface area (Å²) >= 11 is 3.95. The Labute approximate surface area is 425 Å². The Kier molecular flexibility index (Phi) is 9.84. The van der Waals surface area contributed by atoms with Gasteiger partial charge >= 0.3 is 0 Å². The quantitative estimate of drug-likeness (QED) is 0.126. The summed E-state index contributed by atoms with van der Waals surface area (Å²) in [4.78, 5) is 5.48. The van der Waals surface area contributed by atoms with Crippen molar-refractivity contribution in [3.63, 3.8) is 0 Å². The molecular formula is C66H66BNS2. The molecule has 1 nitrogen and oxygen atoms in total. The van der Waals surface area contributed by atoms with Gasteiger partial charge in [-0.05, 0) is 171 Å². The van der Waals surface area contributed by atoms with Crippen LogP contribution in [0.3, 0.4) is 0 Å². The van der Waals surface area contributed by atoms with Crippen molar-refractivity contribution < 1.29 is 0 Å². The van der Waals surface area contributed by atoms with Gasteiger partial charge in [-0.2, -0.15) is 0 Å². The zero-order valence-corrected chi connectivity index (χ0v) is 45.6. The van der Waals surface area contributed by atoms with Gasteiger partial charge < -0.3 is 4.57 Å². The summed E-state index contributed by atoms with van der Waals surface area (Å²) in [5, 5.41) is 10.8. The molecule has 10 aromatic rings. The number of hydrogen-bond acceptors (Lipinski definition) is 2. The summed E-state index contributed by atoms with van der Waals surface area (Å²) in [6, 6.07) is 51.4. The van der Waals surface area contributed by atoms with E-state index in [0.717, 1.165) is 0 Å². The van der Waals surface area contributed by atoms with Gasteiger partial charge in [0, 0.05) is 36.0 Å². The fourth-order valence-electron chi connectivity index (χ4n) is 11.5. The van der Waals surface area contributed by atoms with Gasteiger partial charge in [-0.25, -0.2) is 0 Å². The number of benzene rings is 9. The molecule has 0 aliphatic carbocycles. The van der Waals surface area contributed by atoms with Gasteiger partial charge in [-0.3, -0.25) is 0 Å². The van der Waals surface area contributed by atoms with E-state index in [2.05, 4.69) is 236 Å². The maximum Gasteiger partial charge on any atom is 0.247 e. The molecule has 70 heavy (non-hydrogen) atoms. The second kappa shape index (κ2) is 15.1. The Morgan fingerprint density at radius 3 is 1.43 bits per heavy atom. The number of nitrogens with zero attached hydrogens (tertiary/aromatic N) is 1. The first-order chi connectivity index (χ1) is 32.8. The second-order valence-corrected chi connectivity index (χ2v) is 28.1. The van der Waals surface area contributed by atoms with Crippen LogP contribution in [0.1, 0.15) is 132 Å². The average Bonchev–Trinajstić information content (AvgIpc) is 3.61. The van der Waals surface area contributed by atoms with E-state index >= 15 is 0 Å². The average molecular weight is 948 g/mol. The highest BCUT2D eigenvalue weighted by molar-refractivity contribution is 8.01. The first kappa shape index (κ1) is 45.7. The predicted molar refractivity (Wildman–Crippen MR) is 309 cm³/mol. The first-order valence-electron chi connectivity index (χ1n) is 25.5. The van der Waals surface area contributed by atoms with E-state index in [1.807, 2.05) is 23.5 Å². The Bertz CT molecular complexity index is 3780. The topological polar surface area (TPSA) is 4.93 Å². The smallest absolute Gasteiger partial charge is 0.247 e. The van der Waals surface area contributed by atoms with E-state index in [1.54, 1.807) is 0 Å². The molecule has 3 heterocycles. The van der Waals surface area contributed by atoms with Crippen LogP contribution in [0.2, 0.25) is 0 Å². The van der Waals surface area contributed by atoms with E-state index in [1.165, 1.54) is 135 Å². The van der Waals surface area contributed by atoms with Crippen LogP contribution in [0.4, 0.5) is 0 Å². The molecule has 0 N–H and O–H groups in total. The third kappa shape index (κ3) is 7.20. The van der Waals surface area contributed by atoms with Crippen LogP contribution >= 0.6 is 23.5 Å². The molecule has 0 saturated carbocycles. The lowest BCUT2D eigenvalue weighted by molar-refractivity contribution is 0.587. The molecule has 9 aromatic carbocycles. The third-order valence-electron chi connectivity index (χ3n) is 15.8. The largest absolute Gasteiger partial charge is 0.309 e. The fourth-order valence-corrected chi connectivity index (χ4v) is 14.0. The lowest BCUT2D eigenvalue weighted by Gasteiger charge is -2.35. The molecule has 0 radical (unpaired) electrons. The normalized spacial score (nSPS) is 14.4. The van der Waals surface area contributed by atoms with Crippen molar-refractivity contribution in [1.29, 1.82) is 0 Å². The highest BCUT2D eigenvalue weighted by Gasteiger charge is 2.40. The summed E-state index contributed by atoms with van der Waals surface area (Å²) in [7, 11) is 0. The van der Waals surface area contributed by atoms with Crippen LogP contribution in [-0.2, 0) is 27.1 Å². The molecule has 350 valence electrons. The molecule has 4 heteroatoms. The van der Waals surface area contributed by atoms with Gasteiger partial charge in [0.2, 0.25) is 6.71 Å². The van der Waals surface area contributed by atoms with Crippen LogP contribution in [0, 0.1) is 0 Å². The van der Waals surface area contributed by atoms with Crippen LogP contribution in [-0.4, -0.2) is 11.3 Å². The van der Waals surface area contributed by atoms with Gasteiger partial charge in [-0.1, -0.05) is 199 Å². The molecule has 0 spiro atoms. The molecule has 0 unspecified atom stereocenters. The van der Waals surface area contributed by atoms with E-state index in [-0.39, 0.29) is 33.8 Å². The summed E-state index contributed by atoms with van der Waals surface area (Å²) in [6.07, 6.45) is 0. The zero-order valence-electron chi connectivity index (χ0n) is 44.0. The monoisotopic (exact) mass is 947 g/mol. The Morgan fingerprint density at radius 1 is 0.357 bits per heavy atom. The summed E-state index contributed by atoms with van der Waals surface area (Å²) in [6.45, 7) is 35.2. The van der Waals surface area contributed by atoms with Gasteiger partial charge in [0.15, 0.2) is 0 Å². The van der Waals surface area contributed by atoms with Crippen molar-refractivity contribution in [3.8, 4) is 16.8 Å². The Morgan fingerprint density at radius 2 is 0.857 bits per heavy atom. The number of hydrogen-bond donors (Lipinski definition) is 0. The molecule has 0 atom stereocenters. The highest BCUT2D eigenvalue weighted by atomic mass is 32.2. The van der Waals surface area contributed by atoms with Crippen molar-refractivity contribution in [1.82, 2.24) is 4.57 Å². The number of fused-ring (bicyclic) bond motifs is 7. The van der Waals surface area contributed by atoms with E-state index < -0.39 is 0 Å². The van der Waals surface area contributed by atoms with Gasteiger partial charge in [-0.15, -0.1) is 0 Å². The van der Waals surface area contributed by atoms with Crippen molar-refractivity contribution in [3.05, 3.63) is 155 Å². The van der Waals surface area contributed by atoms with Crippen LogP contribution < -0.4 is 16.4 Å². The third-order valence-corrected chi connectivity index (χ3v) is 18.1. The standard InChI is InChI=1S/C66H66BNS2/c1-62(2,3)41-19-23-53-48(31-41)49-32-42(63(4,5)6)20-24-54(49)68(53)46-21-22-51-56(36-46)70-58-35-45(66(13,14)15)34-57-61(58)67(51)52-30-37(18-25-55(52)69-57)47-29-40-28-43(64(7,8)9)26-38-16-17-39-27-44(65(10,11)12)33-50(47)60(39)59(38)40/h16-36H,1-15H3. The molecule has 0 bridgehead atoms. The van der Waals surface area contributed by atoms with Crippen molar-refractivity contribution in [2.45, 2.75) is 151 Å². The lowest BCUT2D eigenvalue weighted by Crippen LogP contribution is -2.58. The molecule has 0 amide bonds. The zero-order chi connectivity index (χ0) is 49.4. The van der Waals surface area contributed by atoms with Gasteiger partial charge in [0.1, 0.15) is 0 Å². The van der Waals surface area contributed by atoms with Crippen molar-refractivity contribution >= 4 is 101 Å². The summed E-state index contributed by atoms with van der Waals surface area (Å²) in [5.41, 5.74) is 17.6. The second-order valence-electron chi connectivity index (χ2n) is 26.0. The number of rotatable bonds is 2. The molecule has 12 rings (SSSR count). The molecule has 2 aliphatic rings. The number of aromatic nitrogens is 1. The Balaban J connectivity index is 1.09. The summed E-state index contributed by atoms with van der Waals surface area (Å²) in [5.74, 6) is 0. The predicted octanol–water partition coefficient (Wildman–Crippen LogP) is 17.3. The molecule has 2 aliphatic heterocycles. The lowest BCUT2D eigenvalue weighted by atomic mass is 9.36. The molecule has 0 saturated heterocycles. The SMILES string of the molecule is CC(C)(C)c1cc2c3c(c1)Sc1ccc(-c4cc5cc(C(C)(C)C)cc6ccc7cc(C(C)(C)C)cc4c7c65)cc1B3c1ccc(-n3c4ccc(C(C)(C)C)cc4c4cc(C(C)(C)C)ccc43)cc1S2. The van der Waals surface area contributed by atoms with Crippen molar-refractivity contribution in [2.75, 3.05) is 0 Å². The van der Waals surface area contributed by atoms with Crippen molar-refractivity contribution in [2.24, 2.45) is 0 Å². The minimum absolute atomic E-state index is 0.00588. The highest BCUT2D eigenvalue weighted by Crippen LogP contribution is 2.47. The van der Waals surface area contributed by atoms with E-state index in [0.29, 0.717) is 0 Å². The van der Waals surface area contributed by atoms with Crippen LogP contribution in [0.15, 0.2) is 147 Å². The first-order valence-corrected chi connectivity index (χ1v) is 27.1. The maximum atomic E-state index is 2.58. The maximum absolute atomic E-state index is 2.58. The minimum atomic E-state index is 0.00588. The van der Waals surface area contributed by atoms with Gasteiger partial charge in [0.05, 0.1) is 11.0 Å². The van der Waals surface area contributed by atoms with Crippen LogP contribution in [0.5, 0.6) is 0 Å². The van der Waals surface area contributed by atoms with Crippen LogP contribution in [0.25, 0.3) is 70.9 Å². The molecule has 1 aromatic heterocycles. The molecular weight excluding hydrogens is 882 g/mol. The molecule has 0 fully saturated rings. The Hall–Kier alpha value is -5.42. The van der Waals surface area contributed by atoms with E-state index in [9.17, 15) is 0 Å². The van der Waals surface area contributed by atoms with E-state index in [4.69, 9.17) is 0 Å². The fraction of sp³-hybridized carbons (Fsp3) is 0.303. The van der Waals surface area contributed by atoms with Gasteiger partial charge in [0.25, 0.3) is 0 Å². The summed E-state index contributed by atoms with van der Waals surface area (Å²) < 4.78 is 2.53.